The second kappa shape index (κ2) is 7.53. The van der Waals surface area contributed by atoms with E-state index in [0.29, 0.717) is 12.0 Å². The molecule has 1 N–H and O–H groups in total. The van der Waals surface area contributed by atoms with E-state index in [-0.39, 0.29) is 0 Å². The van der Waals surface area contributed by atoms with Crippen molar-refractivity contribution in [2.75, 3.05) is 31.1 Å². The van der Waals surface area contributed by atoms with E-state index in [1.165, 1.54) is 18.5 Å². The molecule has 0 spiro atoms. The van der Waals surface area contributed by atoms with Gasteiger partial charge in [0.1, 0.15) is 5.75 Å². The van der Waals surface area contributed by atoms with Crippen molar-refractivity contribution in [2.24, 2.45) is 5.92 Å². The van der Waals surface area contributed by atoms with Gasteiger partial charge in [-0.25, -0.2) is 0 Å². The van der Waals surface area contributed by atoms with E-state index < -0.39 is 0 Å². The van der Waals surface area contributed by atoms with Gasteiger partial charge in [0, 0.05) is 19.1 Å². The minimum atomic E-state index is 0.638. The van der Waals surface area contributed by atoms with Crippen molar-refractivity contribution in [1.82, 2.24) is 5.32 Å². The minimum absolute atomic E-state index is 0.638. The summed E-state index contributed by atoms with van der Waals surface area (Å²) < 4.78 is 5.79. The van der Waals surface area contributed by atoms with Gasteiger partial charge in [0.05, 0.1) is 12.3 Å². The molecule has 0 aromatic heterocycles. The van der Waals surface area contributed by atoms with Crippen LogP contribution in [0.25, 0.3) is 0 Å². The summed E-state index contributed by atoms with van der Waals surface area (Å²) in [4.78, 5) is 2.50. The molecule has 2 unspecified atom stereocenters. The van der Waals surface area contributed by atoms with E-state index in [2.05, 4.69) is 48.3 Å². The molecule has 3 nitrogen and oxygen atoms in total. The normalized spacial score (nSPS) is 24.1. The molecule has 1 fully saturated rings. The highest BCUT2D eigenvalue weighted by molar-refractivity contribution is 5.58. The fourth-order valence-electron chi connectivity index (χ4n) is 2.88. The molecule has 1 aromatic carbocycles. The second-order valence-corrected chi connectivity index (χ2v) is 5.75. The second-order valence-electron chi connectivity index (χ2n) is 5.75. The van der Waals surface area contributed by atoms with Gasteiger partial charge in [-0.2, -0.15) is 0 Å². The maximum atomic E-state index is 5.79. The molecule has 1 heterocycles. The van der Waals surface area contributed by atoms with Crippen LogP contribution in [0.1, 0.15) is 33.6 Å². The van der Waals surface area contributed by atoms with Crippen LogP contribution in [-0.2, 0) is 0 Å². The van der Waals surface area contributed by atoms with Crippen LogP contribution in [0.5, 0.6) is 5.75 Å². The fraction of sp³-hybridized carbons (Fsp3) is 0.647. The Morgan fingerprint density at radius 2 is 2.10 bits per heavy atom. The number of hydrogen-bond acceptors (Lipinski definition) is 3. The molecular weight excluding hydrogens is 248 g/mol. The predicted octanol–water partition coefficient (Wildman–Crippen LogP) is 3.30. The number of nitrogens with zero attached hydrogens (tertiary/aromatic N) is 1. The summed E-state index contributed by atoms with van der Waals surface area (Å²) >= 11 is 0. The zero-order valence-corrected chi connectivity index (χ0v) is 13.1. The van der Waals surface area contributed by atoms with Crippen LogP contribution in [0.3, 0.4) is 0 Å². The van der Waals surface area contributed by atoms with Crippen molar-refractivity contribution < 1.29 is 4.74 Å². The van der Waals surface area contributed by atoms with E-state index in [4.69, 9.17) is 4.74 Å². The highest BCUT2D eigenvalue weighted by atomic mass is 16.5. The molecule has 3 heteroatoms. The number of hydrogen-bond donors (Lipinski definition) is 1. The summed E-state index contributed by atoms with van der Waals surface area (Å²) in [5.41, 5.74) is 1.25. The lowest BCUT2D eigenvalue weighted by atomic mass is 10.0. The average Bonchev–Trinajstić information content (AvgIpc) is 2.45. The van der Waals surface area contributed by atoms with E-state index >= 15 is 0 Å². The molecule has 1 aliphatic heterocycles. The Morgan fingerprint density at radius 3 is 2.85 bits per heavy atom. The third kappa shape index (κ3) is 3.89. The van der Waals surface area contributed by atoms with Crippen molar-refractivity contribution >= 4 is 5.69 Å². The van der Waals surface area contributed by atoms with Crippen LogP contribution >= 0.6 is 0 Å². The van der Waals surface area contributed by atoms with Crippen molar-refractivity contribution in [1.29, 1.82) is 0 Å². The monoisotopic (exact) mass is 276 g/mol. The molecule has 1 aromatic rings. The van der Waals surface area contributed by atoms with Crippen molar-refractivity contribution in [2.45, 2.75) is 39.7 Å². The van der Waals surface area contributed by atoms with Gasteiger partial charge in [0.15, 0.2) is 0 Å². The maximum Gasteiger partial charge on any atom is 0.142 e. The van der Waals surface area contributed by atoms with E-state index in [1.54, 1.807) is 0 Å². The largest absolute Gasteiger partial charge is 0.492 e. The van der Waals surface area contributed by atoms with Gasteiger partial charge in [0.25, 0.3) is 0 Å². The first kappa shape index (κ1) is 15.2. The summed E-state index contributed by atoms with van der Waals surface area (Å²) in [5, 5.41) is 3.67. The topological polar surface area (TPSA) is 24.5 Å². The summed E-state index contributed by atoms with van der Waals surface area (Å²) in [6, 6.07) is 9.07. The zero-order chi connectivity index (χ0) is 14.4. The summed E-state index contributed by atoms with van der Waals surface area (Å²) in [7, 11) is 0. The lowest BCUT2D eigenvalue weighted by Crippen LogP contribution is -2.43. The Kier molecular flexibility index (Phi) is 5.72. The third-order valence-corrected chi connectivity index (χ3v) is 4.03. The molecule has 2 atom stereocenters. The number of ether oxygens (including phenoxy) is 1. The van der Waals surface area contributed by atoms with Gasteiger partial charge in [-0.1, -0.05) is 26.0 Å². The number of benzene rings is 1. The third-order valence-electron chi connectivity index (χ3n) is 4.03. The Labute approximate surface area is 123 Å². The first-order chi connectivity index (χ1) is 9.74. The molecule has 20 heavy (non-hydrogen) atoms. The lowest BCUT2D eigenvalue weighted by molar-refractivity contribution is 0.337. The van der Waals surface area contributed by atoms with Crippen LogP contribution in [0.2, 0.25) is 0 Å². The highest BCUT2D eigenvalue weighted by Crippen LogP contribution is 2.29. The van der Waals surface area contributed by atoms with Gasteiger partial charge in [-0.3, -0.25) is 0 Å². The SMILES string of the molecule is CCOc1ccccc1N1CCC(CC)NCC(C)C1. The quantitative estimate of drug-likeness (QED) is 0.913. The molecule has 0 bridgehead atoms. The van der Waals surface area contributed by atoms with Gasteiger partial charge < -0.3 is 15.0 Å². The first-order valence-corrected chi connectivity index (χ1v) is 7.94. The molecule has 0 saturated carbocycles. The molecular formula is C17H28N2O. The molecule has 112 valence electrons. The Hall–Kier alpha value is -1.22. The molecule has 1 saturated heterocycles. The number of para-hydroxylation sites is 2. The maximum absolute atomic E-state index is 5.79. The summed E-state index contributed by atoms with van der Waals surface area (Å²) in [6.07, 6.45) is 2.40. The fourth-order valence-corrected chi connectivity index (χ4v) is 2.88. The van der Waals surface area contributed by atoms with Gasteiger partial charge in [0.2, 0.25) is 0 Å². The standard InChI is InChI=1S/C17H28N2O/c1-4-15-10-11-19(13-14(3)12-18-15)16-8-6-7-9-17(16)20-5-2/h6-9,14-15,18H,4-5,10-13H2,1-3H3. The average molecular weight is 276 g/mol. The smallest absolute Gasteiger partial charge is 0.142 e. The van der Waals surface area contributed by atoms with E-state index in [9.17, 15) is 0 Å². The molecule has 0 amide bonds. The lowest BCUT2D eigenvalue weighted by Gasteiger charge is -2.34. The van der Waals surface area contributed by atoms with Gasteiger partial charge in [-0.05, 0) is 44.4 Å². The Morgan fingerprint density at radius 1 is 1.30 bits per heavy atom. The summed E-state index contributed by atoms with van der Waals surface area (Å²) in [5.74, 6) is 1.67. The number of nitrogens with one attached hydrogen (secondary N) is 1. The number of rotatable bonds is 4. The van der Waals surface area contributed by atoms with Crippen molar-refractivity contribution in [3.63, 3.8) is 0 Å². The van der Waals surface area contributed by atoms with Gasteiger partial charge in [-0.15, -0.1) is 0 Å². The highest BCUT2D eigenvalue weighted by Gasteiger charge is 2.20. The van der Waals surface area contributed by atoms with E-state index in [1.807, 2.05) is 6.92 Å². The van der Waals surface area contributed by atoms with Crippen LogP contribution in [0.4, 0.5) is 5.69 Å². The van der Waals surface area contributed by atoms with Crippen molar-refractivity contribution in [3.8, 4) is 5.75 Å². The van der Waals surface area contributed by atoms with E-state index in [0.717, 1.165) is 32.0 Å². The number of anilines is 1. The van der Waals surface area contributed by atoms with Crippen molar-refractivity contribution in [3.05, 3.63) is 24.3 Å². The predicted molar refractivity (Wildman–Crippen MR) is 85.7 cm³/mol. The zero-order valence-electron chi connectivity index (χ0n) is 13.1. The van der Waals surface area contributed by atoms with Crippen LogP contribution in [0, 0.1) is 5.92 Å². The Balaban J connectivity index is 2.16. The van der Waals surface area contributed by atoms with Crippen LogP contribution in [0.15, 0.2) is 24.3 Å². The minimum Gasteiger partial charge on any atom is -0.492 e. The Bertz CT molecular complexity index is 408. The molecule has 0 aliphatic carbocycles. The molecule has 1 aliphatic rings. The summed E-state index contributed by atoms with van der Waals surface area (Å²) in [6.45, 7) is 10.6. The molecule has 0 radical (unpaired) electrons. The van der Waals surface area contributed by atoms with Gasteiger partial charge >= 0.3 is 0 Å². The van der Waals surface area contributed by atoms with Crippen LogP contribution in [-0.4, -0.2) is 32.3 Å². The molecule has 2 rings (SSSR count). The first-order valence-electron chi connectivity index (χ1n) is 7.94. The van der Waals surface area contributed by atoms with Crippen LogP contribution < -0.4 is 15.0 Å².